The molecular weight excluding hydrogens is 250 g/mol. The van der Waals surface area contributed by atoms with Gasteiger partial charge in [0, 0.05) is 13.1 Å². The van der Waals surface area contributed by atoms with Crippen LogP contribution in [0.15, 0.2) is 24.3 Å². The second kappa shape index (κ2) is 5.38. The predicted octanol–water partition coefficient (Wildman–Crippen LogP) is 0.213. The highest BCUT2D eigenvalue weighted by atomic mass is 16.5. The number of aliphatic carboxylic acids is 2. The highest BCUT2D eigenvalue weighted by Gasteiger charge is 2.42. The van der Waals surface area contributed by atoms with Gasteiger partial charge in [0.2, 0.25) is 0 Å². The van der Waals surface area contributed by atoms with Crippen molar-refractivity contribution >= 4 is 11.9 Å². The van der Waals surface area contributed by atoms with Crippen molar-refractivity contribution in [3.63, 3.8) is 0 Å². The summed E-state index contributed by atoms with van der Waals surface area (Å²) in [6.45, 7) is 2.83. The van der Waals surface area contributed by atoms with Crippen LogP contribution in [0, 0.1) is 0 Å². The number of carboxylic acid groups (broad SMARTS) is 2. The van der Waals surface area contributed by atoms with E-state index < -0.39 is 11.9 Å². The van der Waals surface area contributed by atoms with Crippen molar-refractivity contribution in [1.29, 1.82) is 0 Å². The molecule has 0 atom stereocenters. The van der Waals surface area contributed by atoms with E-state index in [4.69, 9.17) is 24.5 Å². The van der Waals surface area contributed by atoms with Gasteiger partial charge >= 0.3 is 11.9 Å². The molecule has 3 N–H and O–H groups in total. The number of carbonyl (C=O) groups is 2. The Morgan fingerprint density at radius 1 is 1.16 bits per heavy atom. The predicted molar refractivity (Wildman–Crippen MR) is 65.9 cm³/mol. The average Bonchev–Trinajstić information content (AvgIpc) is 2.36. The molecule has 0 radical (unpaired) electrons. The number of hydrogen-bond acceptors (Lipinski definition) is 4. The molecule has 1 spiro atoms. The van der Waals surface area contributed by atoms with Gasteiger partial charge in [0.25, 0.3) is 0 Å². The van der Waals surface area contributed by atoms with Gasteiger partial charge in [-0.1, -0.05) is 24.3 Å². The van der Waals surface area contributed by atoms with E-state index in [2.05, 4.69) is 29.6 Å². The van der Waals surface area contributed by atoms with Crippen LogP contribution in [-0.2, 0) is 26.3 Å². The molecule has 0 aromatic heterocycles. The minimum absolute atomic E-state index is 0.0227. The Kier molecular flexibility index (Phi) is 3.82. The summed E-state index contributed by atoms with van der Waals surface area (Å²) in [6, 6.07) is 8.64. The molecule has 6 heteroatoms. The molecule has 19 heavy (non-hydrogen) atoms. The van der Waals surface area contributed by atoms with Crippen LogP contribution < -0.4 is 5.32 Å². The third-order valence-corrected chi connectivity index (χ3v) is 3.26. The third-order valence-electron chi connectivity index (χ3n) is 3.26. The van der Waals surface area contributed by atoms with Crippen LogP contribution in [-0.4, -0.2) is 41.8 Å². The van der Waals surface area contributed by atoms with E-state index in [0.29, 0.717) is 0 Å². The molecule has 0 aliphatic carbocycles. The van der Waals surface area contributed by atoms with Gasteiger partial charge < -0.3 is 20.3 Å². The minimum Gasteiger partial charge on any atom is -0.473 e. The Hall–Kier alpha value is -1.92. The molecule has 6 nitrogen and oxygen atoms in total. The third kappa shape index (κ3) is 2.74. The zero-order chi connectivity index (χ0) is 13.9. The van der Waals surface area contributed by atoms with E-state index in [1.165, 1.54) is 11.1 Å². The van der Waals surface area contributed by atoms with Crippen molar-refractivity contribution in [3.05, 3.63) is 35.4 Å². The molecule has 1 aromatic carbocycles. The SMILES string of the molecule is O=C(O)C(=O)O.c1ccc2c(c1)CCOC21CNC1. The second-order valence-corrected chi connectivity index (χ2v) is 4.46. The molecule has 0 saturated carbocycles. The largest absolute Gasteiger partial charge is 0.473 e. The fourth-order valence-corrected chi connectivity index (χ4v) is 2.26. The van der Waals surface area contributed by atoms with Crippen LogP contribution in [0.5, 0.6) is 0 Å². The summed E-state index contributed by atoms with van der Waals surface area (Å²) in [7, 11) is 0. The molecular formula is C13H15NO5. The van der Waals surface area contributed by atoms with E-state index in [1.807, 2.05) is 0 Å². The van der Waals surface area contributed by atoms with E-state index in [9.17, 15) is 0 Å². The number of hydrogen-bond donors (Lipinski definition) is 3. The topological polar surface area (TPSA) is 95.9 Å². The number of benzene rings is 1. The summed E-state index contributed by atoms with van der Waals surface area (Å²) in [5, 5.41) is 18.1. The molecule has 2 aliphatic rings. The molecule has 1 saturated heterocycles. The first kappa shape index (κ1) is 13.5. The van der Waals surface area contributed by atoms with Gasteiger partial charge in [-0.15, -0.1) is 0 Å². The molecule has 0 bridgehead atoms. The zero-order valence-electron chi connectivity index (χ0n) is 10.3. The summed E-state index contributed by atoms with van der Waals surface area (Å²) in [5.74, 6) is -3.65. The number of rotatable bonds is 0. The Labute approximate surface area is 110 Å². The van der Waals surface area contributed by atoms with Gasteiger partial charge in [-0.05, 0) is 17.5 Å². The maximum Gasteiger partial charge on any atom is 0.414 e. The van der Waals surface area contributed by atoms with Gasteiger partial charge in [0.15, 0.2) is 0 Å². The molecule has 0 amide bonds. The lowest BCUT2D eigenvalue weighted by Crippen LogP contribution is -2.60. The fraction of sp³-hybridized carbons (Fsp3) is 0.385. The van der Waals surface area contributed by atoms with Gasteiger partial charge in [-0.25, -0.2) is 9.59 Å². The van der Waals surface area contributed by atoms with Crippen LogP contribution in [0.2, 0.25) is 0 Å². The lowest BCUT2D eigenvalue weighted by molar-refractivity contribution is -0.159. The Morgan fingerprint density at radius 3 is 2.32 bits per heavy atom. The monoisotopic (exact) mass is 265 g/mol. The van der Waals surface area contributed by atoms with E-state index in [0.717, 1.165) is 26.1 Å². The maximum atomic E-state index is 9.10. The summed E-state index contributed by atoms with van der Waals surface area (Å²) in [4.78, 5) is 18.2. The summed E-state index contributed by atoms with van der Waals surface area (Å²) in [6.07, 6.45) is 1.07. The van der Waals surface area contributed by atoms with Gasteiger partial charge in [-0.2, -0.15) is 0 Å². The smallest absolute Gasteiger partial charge is 0.414 e. The number of fused-ring (bicyclic) bond motifs is 2. The molecule has 2 heterocycles. The number of nitrogens with one attached hydrogen (secondary N) is 1. The number of ether oxygens (including phenoxy) is 1. The quantitative estimate of drug-likeness (QED) is 0.580. The van der Waals surface area contributed by atoms with Crippen LogP contribution in [0.3, 0.4) is 0 Å². The number of carboxylic acids is 2. The fourth-order valence-electron chi connectivity index (χ4n) is 2.26. The van der Waals surface area contributed by atoms with E-state index in [-0.39, 0.29) is 5.60 Å². The maximum absolute atomic E-state index is 9.10. The first-order valence-corrected chi connectivity index (χ1v) is 5.94. The van der Waals surface area contributed by atoms with Gasteiger partial charge in [0.05, 0.1) is 6.61 Å². The molecule has 1 aromatic rings. The van der Waals surface area contributed by atoms with Gasteiger partial charge in [-0.3, -0.25) is 0 Å². The van der Waals surface area contributed by atoms with E-state index in [1.54, 1.807) is 0 Å². The van der Waals surface area contributed by atoms with Crippen molar-refractivity contribution in [1.82, 2.24) is 5.32 Å². The Bertz CT molecular complexity index is 484. The van der Waals surface area contributed by atoms with Crippen LogP contribution in [0.4, 0.5) is 0 Å². The molecule has 0 unspecified atom stereocenters. The highest BCUT2D eigenvalue weighted by Crippen LogP contribution is 2.35. The van der Waals surface area contributed by atoms with Crippen LogP contribution >= 0.6 is 0 Å². The molecule has 2 aliphatic heterocycles. The Morgan fingerprint density at radius 2 is 1.79 bits per heavy atom. The summed E-state index contributed by atoms with van der Waals surface area (Å²) in [5.41, 5.74) is 2.89. The van der Waals surface area contributed by atoms with Crippen LogP contribution in [0.1, 0.15) is 11.1 Å². The van der Waals surface area contributed by atoms with Crippen molar-refractivity contribution in [2.24, 2.45) is 0 Å². The first-order valence-electron chi connectivity index (χ1n) is 5.94. The standard InChI is InChI=1S/C11H13NO.C2H2O4/c1-2-4-10-9(3-1)5-6-13-11(10)7-12-8-11;3-1(4)2(5)6/h1-4,12H,5-8H2;(H,3,4)(H,5,6). The molecule has 102 valence electrons. The summed E-state index contributed by atoms with van der Waals surface area (Å²) < 4.78 is 5.87. The lowest BCUT2D eigenvalue weighted by atomic mass is 9.82. The molecule has 1 fully saturated rings. The van der Waals surface area contributed by atoms with Gasteiger partial charge in [0.1, 0.15) is 5.60 Å². The van der Waals surface area contributed by atoms with Crippen molar-refractivity contribution in [3.8, 4) is 0 Å². The Balaban J connectivity index is 0.000000192. The normalized spacial score (nSPS) is 18.5. The average molecular weight is 265 g/mol. The van der Waals surface area contributed by atoms with Crippen molar-refractivity contribution in [2.45, 2.75) is 12.0 Å². The van der Waals surface area contributed by atoms with Crippen LogP contribution in [0.25, 0.3) is 0 Å². The lowest BCUT2D eigenvalue weighted by Gasteiger charge is -2.46. The van der Waals surface area contributed by atoms with Crippen molar-refractivity contribution in [2.75, 3.05) is 19.7 Å². The molecule has 3 rings (SSSR count). The minimum atomic E-state index is -1.82. The highest BCUT2D eigenvalue weighted by molar-refractivity contribution is 6.27. The second-order valence-electron chi connectivity index (χ2n) is 4.46. The van der Waals surface area contributed by atoms with Crippen molar-refractivity contribution < 1.29 is 24.5 Å². The zero-order valence-corrected chi connectivity index (χ0v) is 10.3. The summed E-state index contributed by atoms with van der Waals surface area (Å²) >= 11 is 0. The van der Waals surface area contributed by atoms with E-state index >= 15 is 0 Å². The first-order chi connectivity index (χ1) is 9.05.